The minimum Gasteiger partial charge on any atom is -0.316 e. The van der Waals surface area contributed by atoms with E-state index in [4.69, 9.17) is 0 Å². The Balaban J connectivity index is 2.48. The second-order valence-electron chi connectivity index (χ2n) is 4.25. The van der Waals surface area contributed by atoms with Gasteiger partial charge < -0.3 is 5.32 Å². The smallest absolute Gasteiger partial charge is 0.123 e. The zero-order valence-corrected chi connectivity index (χ0v) is 11.5. The maximum Gasteiger partial charge on any atom is 0.123 e. The molecule has 1 N–H and O–H groups in total. The molecule has 1 aromatic rings. The normalized spacial score (nSPS) is 12.8. The van der Waals surface area contributed by atoms with Gasteiger partial charge in [-0.1, -0.05) is 29.8 Å². The molecule has 0 bridgehead atoms. The van der Waals surface area contributed by atoms with Crippen LogP contribution >= 0.6 is 15.9 Å². The van der Waals surface area contributed by atoms with Crippen molar-refractivity contribution in [3.63, 3.8) is 0 Å². The Kier molecular flexibility index (Phi) is 5.99. The second-order valence-corrected chi connectivity index (χ2v) is 5.10. The number of rotatable bonds is 6. The Bertz CT molecular complexity index is 328. The molecule has 0 aromatic heterocycles. The van der Waals surface area contributed by atoms with E-state index >= 15 is 0 Å². The molecule has 1 atom stereocenters. The van der Waals surface area contributed by atoms with Gasteiger partial charge in [0.2, 0.25) is 0 Å². The number of hydrogen-bond acceptors (Lipinski definition) is 1. The Morgan fingerprint density at radius 1 is 1.44 bits per heavy atom. The van der Waals surface area contributed by atoms with Gasteiger partial charge in [0, 0.05) is 4.47 Å². The average molecular weight is 288 g/mol. The number of nitrogens with one attached hydrogen (secondary N) is 1. The van der Waals surface area contributed by atoms with Crippen LogP contribution in [0.3, 0.4) is 0 Å². The predicted molar refractivity (Wildman–Crippen MR) is 70.1 cm³/mol. The minimum atomic E-state index is -0.160. The molecule has 1 aromatic carbocycles. The van der Waals surface area contributed by atoms with Crippen molar-refractivity contribution in [2.75, 3.05) is 13.1 Å². The van der Waals surface area contributed by atoms with Crippen LogP contribution in [0, 0.1) is 11.7 Å². The molecule has 0 aliphatic carbocycles. The zero-order chi connectivity index (χ0) is 12.0. The van der Waals surface area contributed by atoms with Crippen LogP contribution in [0.25, 0.3) is 0 Å². The highest BCUT2D eigenvalue weighted by atomic mass is 79.9. The summed E-state index contributed by atoms with van der Waals surface area (Å²) in [6, 6.07) is 4.87. The van der Waals surface area contributed by atoms with Crippen molar-refractivity contribution in [1.82, 2.24) is 5.32 Å². The molecule has 1 nitrogen and oxygen atoms in total. The lowest BCUT2D eigenvalue weighted by Crippen LogP contribution is -2.23. The van der Waals surface area contributed by atoms with Crippen LogP contribution < -0.4 is 5.32 Å². The van der Waals surface area contributed by atoms with Crippen LogP contribution in [-0.4, -0.2) is 13.1 Å². The van der Waals surface area contributed by atoms with Crippen LogP contribution in [0.1, 0.15) is 25.8 Å². The van der Waals surface area contributed by atoms with Crippen LogP contribution in [0.2, 0.25) is 0 Å². The quantitative estimate of drug-likeness (QED) is 0.786. The van der Waals surface area contributed by atoms with E-state index in [0.29, 0.717) is 5.92 Å². The Morgan fingerprint density at radius 3 is 2.88 bits per heavy atom. The van der Waals surface area contributed by atoms with E-state index in [1.54, 1.807) is 12.1 Å². The summed E-state index contributed by atoms with van der Waals surface area (Å²) in [7, 11) is 0. The van der Waals surface area contributed by atoms with Gasteiger partial charge in [-0.05, 0) is 55.6 Å². The van der Waals surface area contributed by atoms with Gasteiger partial charge in [0.1, 0.15) is 5.82 Å². The summed E-state index contributed by atoms with van der Waals surface area (Å²) in [5, 5.41) is 3.38. The molecule has 0 aliphatic heterocycles. The molecular weight excluding hydrogens is 269 g/mol. The summed E-state index contributed by atoms with van der Waals surface area (Å²) in [5.41, 5.74) is 1.05. The summed E-state index contributed by atoms with van der Waals surface area (Å²) in [4.78, 5) is 0. The summed E-state index contributed by atoms with van der Waals surface area (Å²) in [6.45, 7) is 6.37. The Morgan fingerprint density at radius 2 is 2.19 bits per heavy atom. The molecule has 0 heterocycles. The van der Waals surface area contributed by atoms with Crippen molar-refractivity contribution in [3.8, 4) is 0 Å². The molecule has 0 amide bonds. The summed E-state index contributed by atoms with van der Waals surface area (Å²) >= 11 is 3.45. The van der Waals surface area contributed by atoms with E-state index in [1.807, 2.05) is 0 Å². The van der Waals surface area contributed by atoms with E-state index in [9.17, 15) is 4.39 Å². The molecule has 3 heteroatoms. The molecule has 0 aliphatic rings. The highest BCUT2D eigenvalue weighted by Gasteiger charge is 2.07. The Hall–Kier alpha value is -0.410. The number of hydrogen-bond donors (Lipinski definition) is 1. The maximum atomic E-state index is 13.1. The first-order valence-corrected chi connectivity index (χ1v) is 6.57. The molecule has 0 spiro atoms. The zero-order valence-electron chi connectivity index (χ0n) is 9.89. The molecule has 0 fully saturated rings. The van der Waals surface area contributed by atoms with Gasteiger partial charge in [0.05, 0.1) is 0 Å². The van der Waals surface area contributed by atoms with Crippen molar-refractivity contribution in [2.45, 2.75) is 26.7 Å². The summed E-state index contributed by atoms with van der Waals surface area (Å²) in [5.74, 6) is 0.358. The van der Waals surface area contributed by atoms with Crippen molar-refractivity contribution >= 4 is 15.9 Å². The van der Waals surface area contributed by atoms with Crippen LogP contribution in [-0.2, 0) is 6.42 Å². The largest absolute Gasteiger partial charge is 0.316 e. The standard InChI is InChI=1S/C13H19BrFN/c1-3-6-16-9-10(2)7-11-8-12(15)4-5-13(11)14/h4-5,8,10,16H,3,6-7,9H2,1-2H3. The first kappa shape index (κ1) is 13.7. The first-order chi connectivity index (χ1) is 7.63. The van der Waals surface area contributed by atoms with Crippen molar-refractivity contribution in [2.24, 2.45) is 5.92 Å². The minimum absolute atomic E-state index is 0.160. The van der Waals surface area contributed by atoms with Gasteiger partial charge in [0.25, 0.3) is 0 Å². The van der Waals surface area contributed by atoms with Crippen LogP contribution in [0.15, 0.2) is 22.7 Å². The second kappa shape index (κ2) is 7.02. The Labute approximate surface area is 106 Å². The highest BCUT2D eigenvalue weighted by molar-refractivity contribution is 9.10. The van der Waals surface area contributed by atoms with Crippen LogP contribution in [0.4, 0.5) is 4.39 Å². The van der Waals surface area contributed by atoms with Gasteiger partial charge in [0.15, 0.2) is 0 Å². The van der Waals surface area contributed by atoms with Gasteiger partial charge in [-0.25, -0.2) is 4.39 Å². The van der Waals surface area contributed by atoms with Gasteiger partial charge in [-0.2, -0.15) is 0 Å². The topological polar surface area (TPSA) is 12.0 Å². The molecule has 0 saturated carbocycles. The molecule has 1 rings (SSSR count). The lowest BCUT2D eigenvalue weighted by molar-refractivity contribution is 0.508. The monoisotopic (exact) mass is 287 g/mol. The fourth-order valence-electron chi connectivity index (χ4n) is 1.67. The summed E-state index contributed by atoms with van der Waals surface area (Å²) < 4.78 is 14.1. The van der Waals surface area contributed by atoms with Gasteiger partial charge >= 0.3 is 0 Å². The van der Waals surface area contributed by atoms with Crippen molar-refractivity contribution in [1.29, 1.82) is 0 Å². The highest BCUT2D eigenvalue weighted by Crippen LogP contribution is 2.20. The molecule has 90 valence electrons. The van der Waals surface area contributed by atoms with Gasteiger partial charge in [-0.15, -0.1) is 0 Å². The van der Waals surface area contributed by atoms with E-state index in [-0.39, 0.29) is 5.82 Å². The number of benzene rings is 1. The van der Waals surface area contributed by atoms with E-state index in [2.05, 4.69) is 35.1 Å². The lowest BCUT2D eigenvalue weighted by Gasteiger charge is -2.13. The van der Waals surface area contributed by atoms with E-state index in [0.717, 1.165) is 36.0 Å². The third kappa shape index (κ3) is 4.62. The SMILES string of the molecule is CCCNCC(C)Cc1cc(F)ccc1Br. The van der Waals surface area contributed by atoms with Crippen LogP contribution in [0.5, 0.6) is 0 Å². The first-order valence-electron chi connectivity index (χ1n) is 5.78. The van der Waals surface area contributed by atoms with Gasteiger partial charge in [-0.3, -0.25) is 0 Å². The molecule has 16 heavy (non-hydrogen) atoms. The molecule has 1 unspecified atom stereocenters. The fraction of sp³-hybridized carbons (Fsp3) is 0.538. The van der Waals surface area contributed by atoms with Crippen molar-refractivity contribution in [3.05, 3.63) is 34.1 Å². The van der Waals surface area contributed by atoms with Crippen molar-refractivity contribution < 1.29 is 4.39 Å². The predicted octanol–water partition coefficient (Wildman–Crippen LogP) is 3.77. The third-order valence-corrected chi connectivity index (χ3v) is 3.27. The van der Waals surface area contributed by atoms with E-state index in [1.165, 1.54) is 6.07 Å². The average Bonchev–Trinajstić information content (AvgIpc) is 2.24. The fourth-order valence-corrected chi connectivity index (χ4v) is 2.08. The summed E-state index contributed by atoms with van der Waals surface area (Å²) in [6.07, 6.45) is 2.05. The molecule has 0 saturated heterocycles. The van der Waals surface area contributed by atoms with E-state index < -0.39 is 0 Å². The third-order valence-electron chi connectivity index (χ3n) is 2.50. The maximum absolute atomic E-state index is 13.1. The molecule has 0 radical (unpaired) electrons. The number of halogens is 2. The molecular formula is C13H19BrFN. The lowest BCUT2D eigenvalue weighted by atomic mass is 10.0.